The van der Waals surface area contributed by atoms with E-state index in [2.05, 4.69) is 26.0 Å². The van der Waals surface area contributed by atoms with Crippen LogP contribution in [0.2, 0.25) is 0 Å². The number of halogens is 1. The second kappa shape index (κ2) is 2.81. The number of aromatic nitrogens is 3. The molecule has 0 atom stereocenters. The van der Waals surface area contributed by atoms with Gasteiger partial charge in [0.05, 0.1) is 16.2 Å². The van der Waals surface area contributed by atoms with Crippen LogP contribution in [0.5, 0.6) is 0 Å². The molecule has 1 N–H and O–H groups in total. The molecular weight excluding hydrogens is 238 g/mol. The summed E-state index contributed by atoms with van der Waals surface area (Å²) in [5.41, 5.74) is 0.716. The molecule has 0 radical (unpaired) electrons. The number of rotatable bonds is 1. The first-order chi connectivity index (χ1) is 6.18. The fourth-order valence-electron chi connectivity index (χ4n) is 0.956. The summed E-state index contributed by atoms with van der Waals surface area (Å²) in [6.07, 6.45) is 4.27. The first kappa shape index (κ1) is 8.18. The quantitative estimate of drug-likeness (QED) is 0.815. The van der Waals surface area contributed by atoms with E-state index >= 15 is 0 Å². The van der Waals surface area contributed by atoms with E-state index in [9.17, 15) is 4.79 Å². The summed E-state index contributed by atoms with van der Waals surface area (Å²) in [7, 11) is 0. The summed E-state index contributed by atoms with van der Waals surface area (Å²) in [5, 5.41) is 12.6. The lowest BCUT2D eigenvalue weighted by Crippen LogP contribution is -2.00. The highest BCUT2D eigenvalue weighted by Gasteiger charge is 2.07. The zero-order chi connectivity index (χ0) is 9.42. The molecule has 0 aliphatic rings. The Bertz CT molecular complexity index is 480. The second-order valence-electron chi connectivity index (χ2n) is 2.41. The molecule has 2 aromatic rings. The zero-order valence-electron chi connectivity index (χ0n) is 6.31. The molecule has 0 aromatic carbocycles. The van der Waals surface area contributed by atoms with E-state index in [1.807, 2.05) is 0 Å². The lowest BCUT2D eigenvalue weighted by Gasteiger charge is -1.94. The van der Waals surface area contributed by atoms with Gasteiger partial charge in [0.25, 0.3) is 0 Å². The van der Waals surface area contributed by atoms with E-state index in [0.29, 0.717) is 5.65 Å². The van der Waals surface area contributed by atoms with Crippen LogP contribution in [0.3, 0.4) is 0 Å². The van der Waals surface area contributed by atoms with Gasteiger partial charge in [-0.2, -0.15) is 5.10 Å². The van der Waals surface area contributed by atoms with Gasteiger partial charge in [0.15, 0.2) is 5.65 Å². The fraction of sp³-hybridized carbons (Fsp3) is 0. The number of aromatic carboxylic acids is 1. The van der Waals surface area contributed by atoms with Crippen LogP contribution in [-0.4, -0.2) is 25.7 Å². The van der Waals surface area contributed by atoms with Crippen LogP contribution >= 0.6 is 15.9 Å². The monoisotopic (exact) mass is 241 g/mol. The SMILES string of the molecule is O=C(O)c1cnc2c(Br)cnn2c1. The Morgan fingerprint density at radius 1 is 1.54 bits per heavy atom. The molecular formula is C7H4BrN3O2. The third-order valence-electron chi connectivity index (χ3n) is 1.56. The lowest BCUT2D eigenvalue weighted by atomic mass is 10.3. The molecule has 0 unspecified atom stereocenters. The Morgan fingerprint density at radius 2 is 2.31 bits per heavy atom. The summed E-state index contributed by atoms with van der Waals surface area (Å²) < 4.78 is 2.15. The van der Waals surface area contributed by atoms with Crippen molar-refractivity contribution in [2.75, 3.05) is 0 Å². The topological polar surface area (TPSA) is 67.5 Å². The molecule has 2 heterocycles. The van der Waals surface area contributed by atoms with E-state index in [1.54, 1.807) is 6.20 Å². The van der Waals surface area contributed by atoms with Gasteiger partial charge < -0.3 is 5.11 Å². The molecule has 0 spiro atoms. The van der Waals surface area contributed by atoms with Crippen molar-refractivity contribution < 1.29 is 9.90 Å². The normalized spacial score (nSPS) is 10.5. The predicted octanol–water partition coefficient (Wildman–Crippen LogP) is 1.19. The molecule has 0 aliphatic carbocycles. The number of carboxylic acids is 1. The van der Waals surface area contributed by atoms with Crippen molar-refractivity contribution in [2.45, 2.75) is 0 Å². The summed E-state index contributed by atoms with van der Waals surface area (Å²) in [4.78, 5) is 14.5. The summed E-state index contributed by atoms with van der Waals surface area (Å²) in [6.45, 7) is 0. The fourth-order valence-corrected chi connectivity index (χ4v) is 1.33. The average molecular weight is 242 g/mol. The Kier molecular flexibility index (Phi) is 1.77. The minimum absolute atomic E-state index is 0.114. The molecule has 2 aromatic heterocycles. The van der Waals surface area contributed by atoms with Gasteiger partial charge in [0, 0.05) is 12.4 Å². The molecule has 6 heteroatoms. The van der Waals surface area contributed by atoms with Gasteiger partial charge in [-0.15, -0.1) is 0 Å². The second-order valence-corrected chi connectivity index (χ2v) is 3.26. The van der Waals surface area contributed by atoms with Crippen molar-refractivity contribution in [3.05, 3.63) is 28.6 Å². The molecule has 5 nitrogen and oxygen atoms in total. The van der Waals surface area contributed by atoms with Crippen molar-refractivity contribution in [3.8, 4) is 0 Å². The minimum atomic E-state index is -1.01. The maximum Gasteiger partial charge on any atom is 0.338 e. The summed E-state index contributed by atoms with van der Waals surface area (Å²) >= 11 is 3.24. The minimum Gasteiger partial charge on any atom is -0.478 e. The van der Waals surface area contributed by atoms with Gasteiger partial charge in [-0.1, -0.05) is 0 Å². The van der Waals surface area contributed by atoms with Crippen molar-refractivity contribution >= 4 is 27.5 Å². The Hall–Kier alpha value is -1.43. The number of carbonyl (C=O) groups is 1. The van der Waals surface area contributed by atoms with Gasteiger partial charge in [-0.25, -0.2) is 14.3 Å². The molecule has 0 saturated carbocycles. The average Bonchev–Trinajstić information content (AvgIpc) is 2.47. The third-order valence-corrected chi connectivity index (χ3v) is 2.12. The zero-order valence-corrected chi connectivity index (χ0v) is 7.89. The van der Waals surface area contributed by atoms with Crippen molar-refractivity contribution in [3.63, 3.8) is 0 Å². The van der Waals surface area contributed by atoms with Gasteiger partial charge in [0.2, 0.25) is 0 Å². The highest BCUT2D eigenvalue weighted by molar-refractivity contribution is 9.10. The smallest absolute Gasteiger partial charge is 0.338 e. The molecule has 13 heavy (non-hydrogen) atoms. The highest BCUT2D eigenvalue weighted by Crippen LogP contribution is 2.14. The number of hydrogen-bond donors (Lipinski definition) is 1. The van der Waals surface area contributed by atoms with Gasteiger partial charge in [0.1, 0.15) is 0 Å². The first-order valence-corrected chi connectivity index (χ1v) is 4.20. The van der Waals surface area contributed by atoms with Crippen LogP contribution < -0.4 is 0 Å². The van der Waals surface area contributed by atoms with Crippen LogP contribution in [0.25, 0.3) is 5.65 Å². The maximum absolute atomic E-state index is 10.6. The van der Waals surface area contributed by atoms with E-state index in [1.165, 1.54) is 16.9 Å². The number of fused-ring (bicyclic) bond motifs is 1. The number of carboxylic acid groups (broad SMARTS) is 1. The summed E-state index contributed by atoms with van der Waals surface area (Å²) in [5.74, 6) is -1.01. The first-order valence-electron chi connectivity index (χ1n) is 3.40. The van der Waals surface area contributed by atoms with Crippen molar-refractivity contribution in [1.82, 2.24) is 14.6 Å². The number of nitrogens with zero attached hydrogens (tertiary/aromatic N) is 3. The van der Waals surface area contributed by atoms with E-state index < -0.39 is 5.97 Å². The molecule has 0 amide bonds. The van der Waals surface area contributed by atoms with Crippen LogP contribution in [0, 0.1) is 0 Å². The Morgan fingerprint density at radius 3 is 3.00 bits per heavy atom. The molecule has 0 aliphatic heterocycles. The van der Waals surface area contributed by atoms with Gasteiger partial charge in [-0.05, 0) is 15.9 Å². The standard InChI is InChI=1S/C7H4BrN3O2/c8-5-2-10-11-3-4(7(12)13)1-9-6(5)11/h1-3H,(H,12,13). The van der Waals surface area contributed by atoms with E-state index in [0.717, 1.165) is 4.47 Å². The molecule has 2 rings (SSSR count). The largest absolute Gasteiger partial charge is 0.478 e. The van der Waals surface area contributed by atoms with Crippen LogP contribution in [-0.2, 0) is 0 Å². The Balaban J connectivity index is 2.70. The van der Waals surface area contributed by atoms with Crippen LogP contribution in [0.4, 0.5) is 0 Å². The third kappa shape index (κ3) is 1.29. The van der Waals surface area contributed by atoms with Gasteiger partial charge >= 0.3 is 5.97 Å². The lowest BCUT2D eigenvalue weighted by molar-refractivity contribution is 0.0695. The summed E-state index contributed by atoms with van der Waals surface area (Å²) in [6, 6.07) is 0. The Labute approximate surface area is 81.1 Å². The molecule has 0 fully saturated rings. The van der Waals surface area contributed by atoms with Crippen molar-refractivity contribution in [2.24, 2.45) is 0 Å². The van der Waals surface area contributed by atoms with Gasteiger partial charge in [-0.3, -0.25) is 0 Å². The van der Waals surface area contributed by atoms with Crippen molar-refractivity contribution in [1.29, 1.82) is 0 Å². The molecule has 0 saturated heterocycles. The molecule has 66 valence electrons. The van der Waals surface area contributed by atoms with E-state index in [4.69, 9.17) is 5.11 Å². The molecule has 0 bridgehead atoms. The van der Waals surface area contributed by atoms with E-state index in [-0.39, 0.29) is 5.56 Å². The van der Waals surface area contributed by atoms with Crippen LogP contribution in [0.15, 0.2) is 23.1 Å². The number of hydrogen-bond acceptors (Lipinski definition) is 3. The van der Waals surface area contributed by atoms with Crippen LogP contribution in [0.1, 0.15) is 10.4 Å². The maximum atomic E-state index is 10.6. The predicted molar refractivity (Wildman–Crippen MR) is 47.6 cm³/mol. The highest BCUT2D eigenvalue weighted by atomic mass is 79.9.